The zero-order valence-corrected chi connectivity index (χ0v) is 42.3. The molecule has 6 saturated carbocycles. The summed E-state index contributed by atoms with van der Waals surface area (Å²) >= 11 is 0. The molecule has 21 atom stereocenters. The number of aliphatic hydroxyl groups is 7. The highest BCUT2D eigenvalue weighted by molar-refractivity contribution is 5.86. The van der Waals surface area contributed by atoms with Gasteiger partial charge in [0.1, 0.15) is 18.3 Å². The van der Waals surface area contributed by atoms with Gasteiger partial charge in [0.2, 0.25) is 5.91 Å². The number of aliphatic carboxylic acids is 1. The van der Waals surface area contributed by atoms with Crippen LogP contribution in [0.2, 0.25) is 0 Å². The summed E-state index contributed by atoms with van der Waals surface area (Å²) in [6.07, 6.45) is 9.18. The molecule has 16 nitrogen and oxygen atoms in total. The Bertz CT molecular complexity index is 2310. The van der Waals surface area contributed by atoms with Gasteiger partial charge in [-0.15, -0.1) is 0 Å². The minimum absolute atomic E-state index is 0.0137. The zero-order chi connectivity index (χ0) is 50.5. The second-order valence-electron chi connectivity index (χ2n) is 25.8. The van der Waals surface area contributed by atoms with E-state index in [9.17, 15) is 45.6 Å². The first kappa shape index (κ1) is 50.4. The predicted octanol–water partition coefficient (Wildman–Crippen LogP) is 3.82. The lowest BCUT2D eigenvalue weighted by Gasteiger charge is -2.82. The molecule has 10 aliphatic rings. The van der Waals surface area contributed by atoms with Crippen molar-refractivity contribution in [2.45, 2.75) is 185 Å². The summed E-state index contributed by atoms with van der Waals surface area (Å²) in [5.74, 6) is -2.92. The van der Waals surface area contributed by atoms with E-state index >= 15 is 4.79 Å². The van der Waals surface area contributed by atoms with E-state index in [1.807, 2.05) is 13.1 Å². The standard InChI is InChI=1S/C55H82N4O12/c1-48(27-61)17-18-52(47(68)69)19-20-54-15-9-29-22-31(38-40(59-46(67)53(38)12-5-6-13-53)30(8-7-21-56)34-24-57-28-58-34)39-42(65)44(71-45-43(66)41(64)35(62)26-70-45)50(3,37(63)25-60)36-11-14-49(54,2)55(29,51(36,39)4)16-10-32(54)33(52)23-48/h10,22,24,28,30-31,33,35-45,60-66H,5-9,11-21,23,25-27,56H2,1-4H3,(H,57,58)(H,59,67)(H,68,69)/t30-,31-,33+,35-,36-,37-,38+,39+,40+,41+,42-,43-,44-,45+,48+,49+,50-,51-,52+,54-,55-/m1/s1. The van der Waals surface area contributed by atoms with Crippen molar-refractivity contribution in [3.8, 4) is 0 Å². The average Bonchev–Trinajstić information content (AvgIpc) is 4.12. The number of aromatic amines is 1. The molecule has 2 bridgehead atoms. The van der Waals surface area contributed by atoms with Crippen LogP contribution in [0.15, 0.2) is 35.8 Å². The molecule has 71 heavy (non-hydrogen) atoms. The second-order valence-corrected chi connectivity index (χ2v) is 25.8. The molecule has 8 aliphatic carbocycles. The number of aromatic nitrogens is 2. The van der Waals surface area contributed by atoms with Crippen molar-refractivity contribution in [1.82, 2.24) is 15.3 Å². The lowest BCUT2D eigenvalue weighted by molar-refractivity contribution is -0.366. The summed E-state index contributed by atoms with van der Waals surface area (Å²) < 4.78 is 12.8. The van der Waals surface area contributed by atoms with E-state index in [2.05, 4.69) is 48.2 Å². The Morgan fingerprint density at radius 2 is 1.72 bits per heavy atom. The number of nitrogens with zero attached hydrogens (tertiary/aromatic N) is 1. The van der Waals surface area contributed by atoms with Crippen molar-refractivity contribution in [2.75, 3.05) is 26.4 Å². The van der Waals surface area contributed by atoms with Crippen molar-refractivity contribution >= 4 is 11.9 Å². The first-order valence-corrected chi connectivity index (χ1v) is 27.3. The maximum atomic E-state index is 15.1. The molecular formula is C55H82N4O12. The van der Waals surface area contributed by atoms with Crippen molar-refractivity contribution in [3.63, 3.8) is 0 Å². The number of H-pyrrole nitrogens is 1. The lowest BCUT2D eigenvalue weighted by Crippen LogP contribution is -2.80. The molecule has 1 amide bonds. The first-order chi connectivity index (χ1) is 33.8. The van der Waals surface area contributed by atoms with E-state index in [0.717, 1.165) is 31.4 Å². The van der Waals surface area contributed by atoms with Gasteiger partial charge in [0.05, 0.1) is 48.7 Å². The van der Waals surface area contributed by atoms with Crippen molar-refractivity contribution in [2.24, 2.45) is 78.6 Å². The van der Waals surface area contributed by atoms with E-state index in [1.165, 1.54) is 11.1 Å². The Morgan fingerprint density at radius 1 is 0.972 bits per heavy atom. The molecule has 0 radical (unpaired) electrons. The molecule has 16 heteroatoms. The number of hydrogen-bond acceptors (Lipinski definition) is 13. The average molecular weight is 991 g/mol. The largest absolute Gasteiger partial charge is 0.481 e. The van der Waals surface area contributed by atoms with E-state index in [4.69, 9.17) is 15.2 Å². The summed E-state index contributed by atoms with van der Waals surface area (Å²) in [7, 11) is 0. The van der Waals surface area contributed by atoms with Crippen LogP contribution in [-0.2, 0) is 19.1 Å². The van der Waals surface area contributed by atoms with Gasteiger partial charge in [-0.1, -0.05) is 63.8 Å². The van der Waals surface area contributed by atoms with Crippen molar-refractivity contribution < 1.29 is 59.9 Å². The molecule has 3 heterocycles. The van der Waals surface area contributed by atoms with Crippen molar-refractivity contribution in [1.29, 1.82) is 0 Å². The highest BCUT2D eigenvalue weighted by Gasteiger charge is 2.84. The second kappa shape index (κ2) is 17.1. The molecule has 8 fully saturated rings. The van der Waals surface area contributed by atoms with Gasteiger partial charge in [0.15, 0.2) is 6.29 Å². The monoisotopic (exact) mass is 991 g/mol. The number of amides is 1. The Hall–Kier alpha value is -2.77. The fraction of sp³-hybridized carbons (Fsp3) is 0.836. The van der Waals surface area contributed by atoms with Crippen LogP contribution < -0.4 is 11.1 Å². The highest BCUT2D eigenvalue weighted by atomic mass is 16.7. The number of nitrogens with two attached hydrogens (primary N) is 1. The predicted molar refractivity (Wildman–Crippen MR) is 258 cm³/mol. The fourth-order valence-corrected chi connectivity index (χ4v) is 20.4. The number of hydrogen-bond donors (Lipinski definition) is 11. The molecule has 2 saturated heterocycles. The van der Waals surface area contributed by atoms with Gasteiger partial charge in [-0.3, -0.25) is 9.59 Å². The molecule has 1 aromatic rings. The summed E-state index contributed by atoms with van der Waals surface area (Å²) in [6.45, 7) is 8.26. The molecule has 1 aromatic heterocycles. The zero-order valence-electron chi connectivity index (χ0n) is 42.3. The summed E-state index contributed by atoms with van der Waals surface area (Å²) in [5, 5.41) is 96.5. The van der Waals surface area contributed by atoms with Crippen LogP contribution in [0.5, 0.6) is 0 Å². The number of rotatable bonds is 12. The molecule has 0 unspecified atom stereocenters. The van der Waals surface area contributed by atoms with Gasteiger partial charge in [0.25, 0.3) is 0 Å². The maximum absolute atomic E-state index is 15.1. The quantitative estimate of drug-likeness (QED) is 0.105. The summed E-state index contributed by atoms with van der Waals surface area (Å²) in [4.78, 5) is 36.7. The van der Waals surface area contributed by atoms with E-state index in [0.29, 0.717) is 83.6 Å². The molecule has 11 rings (SSSR count). The number of carboxylic acid groups (broad SMARTS) is 1. The number of aliphatic hydroxyl groups excluding tert-OH is 7. The number of nitrogens with one attached hydrogen (secondary N) is 2. The van der Waals surface area contributed by atoms with Gasteiger partial charge in [-0.2, -0.15) is 0 Å². The number of fused-ring (bicyclic) bond motifs is 2. The minimum Gasteiger partial charge on any atom is -0.481 e. The first-order valence-electron chi connectivity index (χ1n) is 27.3. The summed E-state index contributed by atoms with van der Waals surface area (Å²) in [5.41, 5.74) is 3.85. The van der Waals surface area contributed by atoms with Crippen molar-refractivity contribution in [3.05, 3.63) is 41.5 Å². The van der Waals surface area contributed by atoms with Crippen LogP contribution in [0.1, 0.15) is 142 Å². The Morgan fingerprint density at radius 3 is 2.39 bits per heavy atom. The Balaban J connectivity index is 1.15. The van der Waals surface area contributed by atoms with E-state index < -0.39 is 117 Å². The third-order valence-electron chi connectivity index (χ3n) is 23.8. The van der Waals surface area contributed by atoms with E-state index in [-0.39, 0.29) is 42.9 Å². The smallest absolute Gasteiger partial charge is 0.310 e. The molecule has 394 valence electrons. The lowest BCUT2D eigenvalue weighted by atomic mass is 9.21. The Kier molecular flexibility index (Phi) is 12.2. The van der Waals surface area contributed by atoms with Gasteiger partial charge >= 0.3 is 5.97 Å². The summed E-state index contributed by atoms with van der Waals surface area (Å²) in [6, 6.07) is -0.369. The van der Waals surface area contributed by atoms with Gasteiger partial charge in [-0.05, 0) is 136 Å². The number of allylic oxidation sites excluding steroid dienone is 4. The fourth-order valence-electron chi connectivity index (χ4n) is 20.4. The number of carboxylic acids is 1. The normalized spacial score (nSPS) is 50.2. The number of carbonyl (C=O) groups excluding carboxylic acids is 1. The molecule has 3 spiro atoms. The SMILES string of the molecule is C[C@]1(CO)CC[C@]2(C(=O)O)CC[C@@]34CCC5=C[C@H]([C@H]6[C@H]([C@H](CCCN)c7cnc[nH]7)NC(=O)C67CCCC7)[C@H]6[C@@H](O)[C@@H](O[C@@H]7OC[C@@H](O)[C@H](O)[C@H]7O)[C@@](C)([C@H](O)CO)[C@H]7CC[C@]3(C)[C@]5(CC=C4[C@@H]2C1)[C@@]67C. The van der Waals surface area contributed by atoms with Gasteiger partial charge in [-0.25, -0.2) is 4.98 Å². The van der Waals surface area contributed by atoms with E-state index in [1.54, 1.807) is 6.33 Å². The Labute approximate surface area is 417 Å². The minimum atomic E-state index is -1.69. The third-order valence-corrected chi connectivity index (χ3v) is 23.8. The van der Waals surface area contributed by atoms with Crippen LogP contribution in [0.25, 0.3) is 0 Å². The number of imidazole rings is 1. The molecule has 0 aromatic carbocycles. The molecule has 2 aliphatic heterocycles. The number of carbonyl (C=O) groups is 2. The van der Waals surface area contributed by atoms with Crippen LogP contribution in [-0.4, -0.2) is 138 Å². The number of ether oxygens (including phenoxy) is 2. The van der Waals surface area contributed by atoms with Crippen LogP contribution in [0, 0.1) is 72.9 Å². The van der Waals surface area contributed by atoms with Crippen LogP contribution in [0.4, 0.5) is 0 Å². The van der Waals surface area contributed by atoms with Gasteiger partial charge < -0.3 is 66.4 Å². The molecule has 12 N–H and O–H groups in total. The topological polar surface area (TPSA) is 281 Å². The van der Waals surface area contributed by atoms with Gasteiger partial charge in [0, 0.05) is 53.1 Å². The van der Waals surface area contributed by atoms with Crippen LogP contribution in [0.3, 0.4) is 0 Å². The third kappa shape index (κ3) is 6.29. The van der Waals surface area contributed by atoms with Crippen LogP contribution >= 0.6 is 0 Å². The highest BCUT2D eigenvalue weighted by Crippen LogP contribution is 2.87. The molecular weight excluding hydrogens is 909 g/mol. The maximum Gasteiger partial charge on any atom is 0.310 e.